The lowest BCUT2D eigenvalue weighted by atomic mass is 10.1. The molecule has 0 unspecified atom stereocenters. The summed E-state index contributed by atoms with van der Waals surface area (Å²) in [4.78, 5) is 12.2. The summed E-state index contributed by atoms with van der Waals surface area (Å²) < 4.78 is 26.3. The fourth-order valence-corrected chi connectivity index (χ4v) is 4.13. The van der Waals surface area contributed by atoms with Gasteiger partial charge in [0.15, 0.2) is 0 Å². The highest BCUT2D eigenvalue weighted by molar-refractivity contribution is 7.89. The van der Waals surface area contributed by atoms with Gasteiger partial charge in [0, 0.05) is 24.7 Å². The Morgan fingerprint density at radius 3 is 2.36 bits per heavy atom. The van der Waals surface area contributed by atoms with Crippen molar-refractivity contribution < 1.29 is 13.2 Å². The van der Waals surface area contributed by atoms with E-state index in [9.17, 15) is 13.2 Å². The van der Waals surface area contributed by atoms with Crippen LogP contribution in [0, 0.1) is 5.92 Å². The van der Waals surface area contributed by atoms with Crippen molar-refractivity contribution in [2.24, 2.45) is 5.92 Å². The summed E-state index contributed by atoms with van der Waals surface area (Å²) in [6.07, 6.45) is 3.64. The molecule has 1 atom stereocenters. The van der Waals surface area contributed by atoms with Crippen molar-refractivity contribution in [1.82, 2.24) is 4.31 Å². The third kappa shape index (κ3) is 3.87. The van der Waals surface area contributed by atoms with Gasteiger partial charge >= 0.3 is 0 Å². The maximum atomic E-state index is 12.4. The number of carbonyl (C=O) groups excluding carboxylic acids is 1. The number of hydrogen-bond donors (Lipinski definition) is 1. The zero-order chi connectivity index (χ0) is 16.2. The van der Waals surface area contributed by atoms with Gasteiger partial charge in [-0.25, -0.2) is 8.42 Å². The molecular formula is C16H24N2O3S. The number of rotatable bonds is 6. The molecule has 0 aliphatic carbocycles. The van der Waals surface area contributed by atoms with Crippen molar-refractivity contribution in [2.75, 3.05) is 18.4 Å². The first-order valence-electron chi connectivity index (χ1n) is 7.86. The first-order valence-corrected chi connectivity index (χ1v) is 9.30. The highest BCUT2D eigenvalue weighted by atomic mass is 32.2. The number of hydrogen-bond acceptors (Lipinski definition) is 3. The molecule has 0 saturated carbocycles. The van der Waals surface area contributed by atoms with Crippen LogP contribution in [0.1, 0.15) is 39.5 Å². The third-order valence-electron chi connectivity index (χ3n) is 3.99. The van der Waals surface area contributed by atoms with Gasteiger partial charge in [-0.1, -0.05) is 20.3 Å². The Labute approximate surface area is 132 Å². The minimum absolute atomic E-state index is 0.0306. The minimum Gasteiger partial charge on any atom is -0.326 e. The number of amides is 1. The number of nitrogens with zero attached hydrogens (tertiary/aromatic N) is 1. The van der Waals surface area contributed by atoms with E-state index in [-0.39, 0.29) is 16.7 Å². The van der Waals surface area contributed by atoms with E-state index < -0.39 is 10.0 Å². The Bertz CT molecular complexity index is 605. The van der Waals surface area contributed by atoms with Crippen LogP contribution >= 0.6 is 0 Å². The molecule has 6 heteroatoms. The highest BCUT2D eigenvalue weighted by Crippen LogP contribution is 2.22. The Morgan fingerprint density at radius 1 is 1.23 bits per heavy atom. The van der Waals surface area contributed by atoms with Gasteiger partial charge in [0.2, 0.25) is 15.9 Å². The van der Waals surface area contributed by atoms with E-state index in [0.717, 1.165) is 25.7 Å². The molecule has 1 aromatic carbocycles. The summed E-state index contributed by atoms with van der Waals surface area (Å²) in [6, 6.07) is 6.43. The summed E-state index contributed by atoms with van der Waals surface area (Å²) in [7, 11) is -3.39. The van der Waals surface area contributed by atoms with Crippen LogP contribution in [0.15, 0.2) is 29.2 Å². The zero-order valence-electron chi connectivity index (χ0n) is 13.2. The van der Waals surface area contributed by atoms with Crippen LogP contribution in [-0.2, 0) is 14.8 Å². The predicted octanol–water partition coefficient (Wildman–Crippen LogP) is 2.85. The molecule has 0 radical (unpaired) electrons. The lowest BCUT2D eigenvalue weighted by Gasteiger charge is -2.16. The topological polar surface area (TPSA) is 66.5 Å². The van der Waals surface area contributed by atoms with Crippen LogP contribution in [0.25, 0.3) is 0 Å². The van der Waals surface area contributed by atoms with E-state index in [4.69, 9.17) is 0 Å². The molecule has 1 saturated heterocycles. The van der Waals surface area contributed by atoms with Gasteiger partial charge in [-0.15, -0.1) is 0 Å². The van der Waals surface area contributed by atoms with Crippen LogP contribution in [0.2, 0.25) is 0 Å². The molecule has 1 amide bonds. The first kappa shape index (κ1) is 17.0. The largest absolute Gasteiger partial charge is 0.326 e. The van der Waals surface area contributed by atoms with E-state index >= 15 is 0 Å². The monoisotopic (exact) mass is 324 g/mol. The molecule has 1 N–H and O–H groups in total. The molecule has 1 heterocycles. The van der Waals surface area contributed by atoms with Crippen LogP contribution in [0.3, 0.4) is 0 Å². The maximum Gasteiger partial charge on any atom is 0.243 e. The number of nitrogens with one attached hydrogen (secondary N) is 1. The van der Waals surface area contributed by atoms with Crippen LogP contribution < -0.4 is 5.32 Å². The second-order valence-corrected chi connectivity index (χ2v) is 7.75. The Morgan fingerprint density at radius 2 is 1.82 bits per heavy atom. The van der Waals surface area contributed by atoms with Crippen molar-refractivity contribution in [2.45, 2.75) is 44.4 Å². The first-order chi connectivity index (χ1) is 10.4. The fourth-order valence-electron chi connectivity index (χ4n) is 2.62. The lowest BCUT2D eigenvalue weighted by molar-refractivity contribution is -0.119. The molecule has 1 aliphatic rings. The third-order valence-corrected chi connectivity index (χ3v) is 5.91. The summed E-state index contributed by atoms with van der Waals surface area (Å²) in [6.45, 7) is 5.12. The summed E-state index contributed by atoms with van der Waals surface area (Å²) in [5.74, 6) is -0.0741. The Hall–Kier alpha value is -1.40. The number of benzene rings is 1. The zero-order valence-corrected chi connectivity index (χ0v) is 14.0. The van der Waals surface area contributed by atoms with E-state index in [2.05, 4.69) is 5.32 Å². The molecule has 0 spiro atoms. The number of anilines is 1. The van der Waals surface area contributed by atoms with Crippen molar-refractivity contribution in [3.8, 4) is 0 Å². The molecule has 5 nitrogen and oxygen atoms in total. The van der Waals surface area contributed by atoms with E-state index in [0.29, 0.717) is 18.8 Å². The summed E-state index contributed by atoms with van der Waals surface area (Å²) in [5, 5.41) is 2.83. The van der Waals surface area contributed by atoms with Gasteiger partial charge in [-0.2, -0.15) is 4.31 Å². The molecule has 1 aromatic rings. The Kier molecular flexibility index (Phi) is 5.58. The second-order valence-electron chi connectivity index (χ2n) is 5.81. The quantitative estimate of drug-likeness (QED) is 0.875. The summed E-state index contributed by atoms with van der Waals surface area (Å²) >= 11 is 0. The molecule has 1 aliphatic heterocycles. The van der Waals surface area contributed by atoms with Crippen molar-refractivity contribution in [3.63, 3.8) is 0 Å². The van der Waals surface area contributed by atoms with Gasteiger partial charge in [0.05, 0.1) is 4.90 Å². The second kappa shape index (κ2) is 7.24. The lowest BCUT2D eigenvalue weighted by Crippen LogP contribution is -2.27. The smallest absolute Gasteiger partial charge is 0.243 e. The predicted molar refractivity (Wildman–Crippen MR) is 87.1 cm³/mol. The summed E-state index contributed by atoms with van der Waals surface area (Å²) in [5.41, 5.74) is 0.633. The maximum absolute atomic E-state index is 12.4. The molecule has 122 valence electrons. The van der Waals surface area contributed by atoms with Crippen LogP contribution in [0.5, 0.6) is 0 Å². The van der Waals surface area contributed by atoms with Crippen molar-refractivity contribution >= 4 is 21.6 Å². The van der Waals surface area contributed by atoms with E-state index in [1.807, 2.05) is 13.8 Å². The molecule has 0 bridgehead atoms. The molecule has 22 heavy (non-hydrogen) atoms. The van der Waals surface area contributed by atoms with Gasteiger partial charge in [-0.3, -0.25) is 4.79 Å². The van der Waals surface area contributed by atoms with Crippen molar-refractivity contribution in [3.05, 3.63) is 24.3 Å². The van der Waals surface area contributed by atoms with Gasteiger partial charge in [0.25, 0.3) is 0 Å². The standard InChI is InChI=1S/C16H24N2O3S/c1-3-6-13(2)16(19)17-14-7-9-15(10-8-14)22(20,21)18-11-4-5-12-18/h7-10,13H,3-6,11-12H2,1-2H3,(H,17,19)/t13-/m0/s1. The molecule has 1 fully saturated rings. The molecular weight excluding hydrogens is 300 g/mol. The minimum atomic E-state index is -3.39. The fraction of sp³-hybridized carbons (Fsp3) is 0.562. The van der Waals surface area contributed by atoms with Crippen LogP contribution in [-0.4, -0.2) is 31.7 Å². The van der Waals surface area contributed by atoms with Crippen LogP contribution in [0.4, 0.5) is 5.69 Å². The van der Waals surface area contributed by atoms with Gasteiger partial charge in [-0.05, 0) is 43.5 Å². The highest BCUT2D eigenvalue weighted by Gasteiger charge is 2.26. The normalized spacial score (nSPS) is 17.4. The number of carbonyl (C=O) groups is 1. The SMILES string of the molecule is CCC[C@H](C)C(=O)Nc1ccc(S(=O)(=O)N2CCCC2)cc1. The van der Waals surface area contributed by atoms with E-state index in [1.165, 1.54) is 4.31 Å². The molecule has 2 rings (SSSR count). The molecule has 0 aromatic heterocycles. The van der Waals surface area contributed by atoms with Gasteiger partial charge < -0.3 is 5.32 Å². The average Bonchev–Trinajstić information content (AvgIpc) is 3.03. The van der Waals surface area contributed by atoms with E-state index in [1.54, 1.807) is 24.3 Å². The Balaban J connectivity index is 2.05. The van der Waals surface area contributed by atoms with Gasteiger partial charge in [0.1, 0.15) is 0 Å². The van der Waals surface area contributed by atoms with Crippen molar-refractivity contribution in [1.29, 1.82) is 0 Å². The average molecular weight is 324 g/mol. The number of sulfonamides is 1.